The van der Waals surface area contributed by atoms with Crippen LogP contribution in [0.2, 0.25) is 0 Å². The summed E-state index contributed by atoms with van der Waals surface area (Å²) in [6.45, 7) is 2.07. The van der Waals surface area contributed by atoms with Crippen molar-refractivity contribution in [1.29, 1.82) is 0 Å². The molecular weight excluding hydrogens is 404 g/mol. The molecule has 2 heterocycles. The summed E-state index contributed by atoms with van der Waals surface area (Å²) in [5.74, 6) is 0.997. The summed E-state index contributed by atoms with van der Waals surface area (Å²) in [6.07, 6.45) is 2.73. The molecule has 6 nitrogen and oxygen atoms in total. The Morgan fingerprint density at radius 1 is 1.06 bits per heavy atom. The lowest BCUT2D eigenvalue weighted by atomic mass is 9.83. The number of rotatable bonds is 3. The van der Waals surface area contributed by atoms with E-state index in [1.807, 2.05) is 36.4 Å². The molecular formula is C26H24N2O4. The van der Waals surface area contributed by atoms with Crippen LogP contribution in [0.1, 0.15) is 41.9 Å². The minimum absolute atomic E-state index is 0.0262. The minimum atomic E-state index is -0.687. The molecule has 1 N–H and O–H groups in total. The molecule has 1 aliphatic carbocycles. The van der Waals surface area contributed by atoms with Crippen LogP contribution < -0.4 is 15.0 Å². The molecule has 162 valence electrons. The van der Waals surface area contributed by atoms with E-state index in [-0.39, 0.29) is 17.6 Å². The first-order chi connectivity index (χ1) is 15.6. The SMILES string of the molecule is COc1ccccc1C(=O)N1c2ccccc2NC2=C(C(=O)C[C@@H](C)C2)[C@H]1c1ccco1. The van der Waals surface area contributed by atoms with Crippen molar-refractivity contribution in [2.75, 3.05) is 17.3 Å². The smallest absolute Gasteiger partial charge is 0.263 e. The van der Waals surface area contributed by atoms with Crippen LogP contribution in [0.25, 0.3) is 0 Å². The number of fused-ring (bicyclic) bond motifs is 1. The first kappa shape index (κ1) is 20.1. The maximum absolute atomic E-state index is 14.1. The number of nitrogens with zero attached hydrogens (tertiary/aromatic N) is 1. The van der Waals surface area contributed by atoms with Crippen LogP contribution in [0.4, 0.5) is 11.4 Å². The lowest BCUT2D eigenvalue weighted by molar-refractivity contribution is -0.117. The number of furan rings is 1. The Labute approximate surface area is 186 Å². The van der Waals surface area contributed by atoms with E-state index in [9.17, 15) is 9.59 Å². The summed E-state index contributed by atoms with van der Waals surface area (Å²) in [4.78, 5) is 29.1. The number of hydrogen-bond donors (Lipinski definition) is 1. The highest BCUT2D eigenvalue weighted by Gasteiger charge is 2.42. The molecule has 2 aliphatic rings. The van der Waals surface area contributed by atoms with Gasteiger partial charge in [0.1, 0.15) is 17.6 Å². The quantitative estimate of drug-likeness (QED) is 0.608. The molecule has 2 atom stereocenters. The van der Waals surface area contributed by atoms with Crippen LogP contribution in [0.3, 0.4) is 0 Å². The molecule has 2 aromatic carbocycles. The van der Waals surface area contributed by atoms with Gasteiger partial charge in [-0.25, -0.2) is 0 Å². The zero-order valence-corrected chi connectivity index (χ0v) is 18.0. The van der Waals surface area contributed by atoms with Gasteiger partial charge in [-0.1, -0.05) is 31.2 Å². The van der Waals surface area contributed by atoms with Crippen LogP contribution in [0, 0.1) is 5.92 Å². The molecule has 1 amide bonds. The Balaban J connectivity index is 1.78. The molecule has 6 heteroatoms. The molecule has 5 rings (SSSR count). The van der Waals surface area contributed by atoms with Crippen molar-refractivity contribution in [3.05, 3.63) is 89.5 Å². The van der Waals surface area contributed by atoms with E-state index in [4.69, 9.17) is 9.15 Å². The Morgan fingerprint density at radius 3 is 2.62 bits per heavy atom. The van der Waals surface area contributed by atoms with E-state index in [1.54, 1.807) is 42.5 Å². The maximum atomic E-state index is 14.1. The lowest BCUT2D eigenvalue weighted by Gasteiger charge is -2.33. The summed E-state index contributed by atoms with van der Waals surface area (Å²) in [5.41, 5.74) is 3.30. The first-order valence-electron chi connectivity index (χ1n) is 10.7. The number of carbonyl (C=O) groups is 2. The molecule has 0 fully saturated rings. The average molecular weight is 428 g/mol. The number of allylic oxidation sites excluding steroid dienone is 1. The molecule has 3 aromatic rings. The van der Waals surface area contributed by atoms with E-state index < -0.39 is 6.04 Å². The molecule has 1 aromatic heterocycles. The predicted octanol–water partition coefficient (Wildman–Crippen LogP) is 5.35. The van der Waals surface area contributed by atoms with Crippen LogP contribution in [0.5, 0.6) is 5.75 Å². The van der Waals surface area contributed by atoms with Gasteiger partial charge in [0.15, 0.2) is 5.78 Å². The van der Waals surface area contributed by atoms with Gasteiger partial charge in [0, 0.05) is 17.7 Å². The highest BCUT2D eigenvalue weighted by atomic mass is 16.5. The Hall–Kier alpha value is -3.80. The molecule has 0 radical (unpaired) electrons. The van der Waals surface area contributed by atoms with E-state index in [1.165, 1.54) is 0 Å². The van der Waals surface area contributed by atoms with Crippen molar-refractivity contribution in [1.82, 2.24) is 0 Å². The predicted molar refractivity (Wildman–Crippen MR) is 122 cm³/mol. The second-order valence-electron chi connectivity index (χ2n) is 8.26. The van der Waals surface area contributed by atoms with E-state index in [2.05, 4.69) is 12.2 Å². The van der Waals surface area contributed by atoms with Gasteiger partial charge in [0.25, 0.3) is 5.91 Å². The topological polar surface area (TPSA) is 71.8 Å². The molecule has 0 unspecified atom stereocenters. The zero-order valence-electron chi connectivity index (χ0n) is 18.0. The van der Waals surface area contributed by atoms with Crippen molar-refractivity contribution < 1.29 is 18.7 Å². The van der Waals surface area contributed by atoms with Crippen molar-refractivity contribution in [3.63, 3.8) is 0 Å². The largest absolute Gasteiger partial charge is 0.496 e. The summed E-state index contributed by atoms with van der Waals surface area (Å²) >= 11 is 0. The fraction of sp³-hybridized carbons (Fsp3) is 0.231. The Kier molecular flexibility index (Phi) is 5.05. The zero-order chi connectivity index (χ0) is 22.2. The number of ether oxygens (including phenoxy) is 1. The van der Waals surface area contributed by atoms with Crippen molar-refractivity contribution in [2.24, 2.45) is 5.92 Å². The number of hydrogen-bond acceptors (Lipinski definition) is 5. The third-order valence-corrected chi connectivity index (χ3v) is 6.06. The van der Waals surface area contributed by atoms with Gasteiger partial charge in [-0.15, -0.1) is 0 Å². The fourth-order valence-electron chi connectivity index (χ4n) is 4.68. The fourth-order valence-corrected chi connectivity index (χ4v) is 4.68. The van der Waals surface area contributed by atoms with Gasteiger partial charge in [0.2, 0.25) is 0 Å². The van der Waals surface area contributed by atoms with E-state index in [0.29, 0.717) is 34.8 Å². The van der Waals surface area contributed by atoms with E-state index in [0.717, 1.165) is 17.8 Å². The number of para-hydroxylation sites is 3. The molecule has 0 spiro atoms. The maximum Gasteiger partial charge on any atom is 0.263 e. The number of benzene rings is 2. The Bertz CT molecular complexity index is 1210. The third kappa shape index (κ3) is 3.28. The van der Waals surface area contributed by atoms with Crippen molar-refractivity contribution >= 4 is 23.1 Å². The number of Topliss-reactive ketones (excluding diaryl/α,β-unsaturated/α-hetero) is 1. The van der Waals surface area contributed by atoms with Crippen LogP contribution in [0.15, 0.2) is 82.6 Å². The van der Waals surface area contributed by atoms with E-state index >= 15 is 0 Å². The number of ketones is 1. The molecule has 0 saturated carbocycles. The van der Waals surface area contributed by atoms with Gasteiger partial charge < -0.3 is 14.5 Å². The average Bonchev–Trinajstić information content (AvgIpc) is 3.28. The number of nitrogens with one attached hydrogen (secondary N) is 1. The number of carbonyl (C=O) groups excluding carboxylic acids is 2. The standard InChI is InChI=1S/C26H24N2O4/c1-16-14-19-24(21(29)15-16)25(23-12-7-13-32-23)28(20-10-5-4-9-18(20)27-19)26(30)17-8-3-6-11-22(17)31-2/h3-13,16,25,27H,14-15H2,1-2H3/t16-,25+/m0/s1. The van der Waals surface area contributed by atoms with Gasteiger partial charge in [0.05, 0.1) is 30.3 Å². The van der Waals surface area contributed by atoms with Crippen molar-refractivity contribution in [2.45, 2.75) is 25.8 Å². The monoisotopic (exact) mass is 428 g/mol. The number of anilines is 2. The summed E-state index contributed by atoms with van der Waals surface area (Å²) < 4.78 is 11.3. The van der Waals surface area contributed by atoms with Crippen molar-refractivity contribution in [3.8, 4) is 5.75 Å². The molecule has 32 heavy (non-hydrogen) atoms. The highest BCUT2D eigenvalue weighted by Crippen LogP contribution is 2.46. The highest BCUT2D eigenvalue weighted by molar-refractivity contribution is 6.13. The van der Waals surface area contributed by atoms with Crippen LogP contribution in [-0.2, 0) is 4.79 Å². The normalized spacial score (nSPS) is 20.2. The second-order valence-corrected chi connectivity index (χ2v) is 8.26. The molecule has 1 aliphatic heterocycles. The molecule has 0 bridgehead atoms. The summed E-state index contributed by atoms with van der Waals surface area (Å²) in [5, 5.41) is 3.47. The van der Waals surface area contributed by atoms with Crippen LogP contribution in [-0.4, -0.2) is 18.8 Å². The van der Waals surface area contributed by atoms with Gasteiger partial charge in [-0.2, -0.15) is 0 Å². The van der Waals surface area contributed by atoms with Gasteiger partial charge in [-0.3, -0.25) is 14.5 Å². The van der Waals surface area contributed by atoms with Crippen LogP contribution >= 0.6 is 0 Å². The third-order valence-electron chi connectivity index (χ3n) is 6.06. The van der Waals surface area contributed by atoms with Gasteiger partial charge in [-0.05, 0) is 48.7 Å². The summed E-state index contributed by atoms with van der Waals surface area (Å²) in [6, 6.07) is 17.6. The Morgan fingerprint density at radius 2 is 1.84 bits per heavy atom. The molecule has 0 saturated heterocycles. The summed E-state index contributed by atoms with van der Waals surface area (Å²) in [7, 11) is 1.54. The second kappa shape index (κ2) is 8.04. The minimum Gasteiger partial charge on any atom is -0.496 e. The number of methoxy groups -OCH3 is 1. The first-order valence-corrected chi connectivity index (χ1v) is 10.7. The lowest BCUT2D eigenvalue weighted by Crippen LogP contribution is -2.38. The van der Waals surface area contributed by atoms with Gasteiger partial charge >= 0.3 is 0 Å². The number of amides is 1.